The second kappa shape index (κ2) is 8.03. The molecule has 8 heteroatoms. The second-order valence-corrected chi connectivity index (χ2v) is 6.01. The van der Waals surface area contributed by atoms with Crippen LogP contribution < -0.4 is 10.6 Å². The summed E-state index contributed by atoms with van der Waals surface area (Å²) in [6.45, 7) is 3.99. The minimum atomic E-state index is -1.54. The summed E-state index contributed by atoms with van der Waals surface area (Å²) in [6, 6.07) is 7.25. The predicted molar refractivity (Wildman–Crippen MR) is 98.2 cm³/mol. The average molecular weight is 373 g/mol. The molecule has 0 unspecified atom stereocenters. The molecule has 1 aromatic carbocycles. The van der Waals surface area contributed by atoms with E-state index < -0.39 is 17.5 Å². The number of anilines is 3. The maximum absolute atomic E-state index is 14.0. The highest BCUT2D eigenvalue weighted by Crippen LogP contribution is 2.26. The molecule has 0 amide bonds. The number of nitrogens with zero attached hydrogens (tertiary/aromatic N) is 3. The van der Waals surface area contributed by atoms with Crippen LogP contribution in [-0.4, -0.2) is 21.0 Å². The highest BCUT2D eigenvalue weighted by molar-refractivity contribution is 5.67. The van der Waals surface area contributed by atoms with E-state index in [1.165, 1.54) is 0 Å². The molecule has 2 N–H and O–H groups in total. The van der Waals surface area contributed by atoms with Crippen molar-refractivity contribution in [3.63, 3.8) is 0 Å². The summed E-state index contributed by atoms with van der Waals surface area (Å²) in [6.07, 6.45) is 4.12. The summed E-state index contributed by atoms with van der Waals surface area (Å²) >= 11 is 0. The van der Waals surface area contributed by atoms with Crippen molar-refractivity contribution in [3.05, 3.63) is 60.2 Å². The van der Waals surface area contributed by atoms with Crippen LogP contribution in [0.1, 0.15) is 20.3 Å². The van der Waals surface area contributed by atoms with Gasteiger partial charge in [0.1, 0.15) is 5.82 Å². The van der Waals surface area contributed by atoms with Crippen molar-refractivity contribution in [1.82, 2.24) is 15.0 Å². The molecule has 0 fully saturated rings. The van der Waals surface area contributed by atoms with Gasteiger partial charge in [-0.1, -0.05) is 6.92 Å². The van der Waals surface area contributed by atoms with Crippen LogP contribution in [0, 0.1) is 17.5 Å². The Morgan fingerprint density at radius 1 is 1.07 bits per heavy atom. The maximum Gasteiger partial charge on any atom is 0.225 e. The first kappa shape index (κ1) is 18.6. The van der Waals surface area contributed by atoms with Crippen molar-refractivity contribution in [2.24, 2.45) is 0 Å². The van der Waals surface area contributed by atoms with E-state index in [1.54, 1.807) is 24.5 Å². The SMILES string of the molecule is CC[C@H](C)Nc1nc(Nc2ccc(F)c(F)c2F)cc(-c2cccnc2)n1. The van der Waals surface area contributed by atoms with Crippen molar-refractivity contribution in [2.75, 3.05) is 10.6 Å². The number of hydrogen-bond donors (Lipinski definition) is 2. The third-order valence-corrected chi connectivity index (χ3v) is 3.97. The lowest BCUT2D eigenvalue weighted by molar-refractivity contribution is 0.449. The van der Waals surface area contributed by atoms with Gasteiger partial charge in [-0.3, -0.25) is 4.98 Å². The molecular formula is C19H18F3N5. The van der Waals surface area contributed by atoms with Gasteiger partial charge in [-0.2, -0.15) is 4.98 Å². The van der Waals surface area contributed by atoms with E-state index >= 15 is 0 Å². The molecule has 2 heterocycles. The predicted octanol–water partition coefficient (Wildman–Crippen LogP) is 4.91. The van der Waals surface area contributed by atoms with E-state index in [-0.39, 0.29) is 17.5 Å². The summed E-state index contributed by atoms with van der Waals surface area (Å²) in [5.41, 5.74) is 1.06. The van der Waals surface area contributed by atoms with Crippen molar-refractivity contribution in [1.29, 1.82) is 0 Å². The van der Waals surface area contributed by atoms with Crippen LogP contribution in [0.5, 0.6) is 0 Å². The van der Waals surface area contributed by atoms with Gasteiger partial charge >= 0.3 is 0 Å². The zero-order chi connectivity index (χ0) is 19.4. The standard InChI is InChI=1S/C19H18F3N5/c1-3-11(2)24-19-26-15(12-5-4-8-23-10-12)9-16(27-19)25-14-7-6-13(20)17(21)18(14)22/h4-11H,3H2,1-2H3,(H2,24,25,26,27)/t11-/m0/s1. The molecule has 0 aliphatic carbocycles. The molecule has 27 heavy (non-hydrogen) atoms. The van der Waals surface area contributed by atoms with E-state index in [0.29, 0.717) is 11.6 Å². The van der Waals surface area contributed by atoms with Gasteiger partial charge in [-0.25, -0.2) is 18.2 Å². The molecule has 0 radical (unpaired) electrons. The van der Waals surface area contributed by atoms with Crippen molar-refractivity contribution < 1.29 is 13.2 Å². The summed E-state index contributed by atoms with van der Waals surface area (Å²) in [5, 5.41) is 5.84. The monoisotopic (exact) mass is 373 g/mol. The van der Waals surface area contributed by atoms with E-state index in [9.17, 15) is 13.2 Å². The molecule has 0 spiro atoms. The van der Waals surface area contributed by atoms with Gasteiger partial charge in [-0.15, -0.1) is 0 Å². The van der Waals surface area contributed by atoms with Crippen LogP contribution in [0.25, 0.3) is 11.3 Å². The van der Waals surface area contributed by atoms with E-state index in [2.05, 4.69) is 25.6 Å². The van der Waals surface area contributed by atoms with Gasteiger partial charge in [0.25, 0.3) is 0 Å². The van der Waals surface area contributed by atoms with Gasteiger partial charge < -0.3 is 10.6 Å². The first-order valence-electron chi connectivity index (χ1n) is 8.44. The number of rotatable bonds is 6. The Bertz CT molecular complexity index is 934. The first-order valence-corrected chi connectivity index (χ1v) is 8.44. The molecule has 3 rings (SSSR count). The molecule has 0 saturated heterocycles. The Morgan fingerprint density at radius 3 is 2.59 bits per heavy atom. The second-order valence-electron chi connectivity index (χ2n) is 6.01. The van der Waals surface area contributed by atoms with Gasteiger partial charge in [0.05, 0.1) is 11.4 Å². The van der Waals surface area contributed by atoms with Gasteiger partial charge in [0, 0.05) is 30.1 Å². The number of nitrogens with one attached hydrogen (secondary N) is 2. The van der Waals surface area contributed by atoms with Crippen LogP contribution in [0.2, 0.25) is 0 Å². The summed E-state index contributed by atoms with van der Waals surface area (Å²) in [4.78, 5) is 12.8. The van der Waals surface area contributed by atoms with Crippen molar-refractivity contribution in [2.45, 2.75) is 26.3 Å². The Morgan fingerprint density at radius 2 is 1.89 bits per heavy atom. The zero-order valence-corrected chi connectivity index (χ0v) is 14.8. The number of hydrogen-bond acceptors (Lipinski definition) is 5. The van der Waals surface area contributed by atoms with Crippen LogP contribution in [0.15, 0.2) is 42.7 Å². The fraction of sp³-hybridized carbons (Fsp3) is 0.211. The molecule has 3 aromatic rings. The molecule has 0 aliphatic rings. The Labute approximate surface area is 154 Å². The van der Waals surface area contributed by atoms with Crippen LogP contribution >= 0.6 is 0 Å². The van der Waals surface area contributed by atoms with E-state index in [4.69, 9.17) is 0 Å². The molecule has 0 aliphatic heterocycles. The quantitative estimate of drug-likeness (QED) is 0.601. The third kappa shape index (κ3) is 4.33. The fourth-order valence-electron chi connectivity index (χ4n) is 2.32. The van der Waals surface area contributed by atoms with Crippen molar-refractivity contribution >= 4 is 17.5 Å². The molecule has 0 saturated carbocycles. The number of aromatic nitrogens is 3. The lowest BCUT2D eigenvalue weighted by Crippen LogP contribution is -2.16. The van der Waals surface area contributed by atoms with E-state index in [0.717, 1.165) is 24.1 Å². The number of halogens is 3. The molecule has 5 nitrogen and oxygen atoms in total. The van der Waals surface area contributed by atoms with E-state index in [1.807, 2.05) is 19.9 Å². The molecule has 1 atom stereocenters. The minimum absolute atomic E-state index is 0.113. The topological polar surface area (TPSA) is 62.7 Å². The number of pyridine rings is 1. The minimum Gasteiger partial charge on any atom is -0.352 e. The highest BCUT2D eigenvalue weighted by atomic mass is 19.2. The summed E-state index contributed by atoms with van der Waals surface area (Å²) in [7, 11) is 0. The highest BCUT2D eigenvalue weighted by Gasteiger charge is 2.15. The molecule has 140 valence electrons. The number of benzene rings is 1. The fourth-order valence-corrected chi connectivity index (χ4v) is 2.32. The Kier molecular flexibility index (Phi) is 5.54. The van der Waals surface area contributed by atoms with Crippen LogP contribution in [0.3, 0.4) is 0 Å². The van der Waals surface area contributed by atoms with Crippen molar-refractivity contribution in [3.8, 4) is 11.3 Å². The summed E-state index contributed by atoms with van der Waals surface area (Å²) in [5.74, 6) is -3.54. The average Bonchev–Trinajstić information content (AvgIpc) is 2.69. The lowest BCUT2D eigenvalue weighted by atomic mass is 10.2. The Balaban J connectivity index is 2.01. The van der Waals surface area contributed by atoms with Gasteiger partial charge in [0.2, 0.25) is 5.95 Å². The zero-order valence-electron chi connectivity index (χ0n) is 14.8. The molecule has 2 aromatic heterocycles. The van der Waals surface area contributed by atoms with Gasteiger partial charge in [-0.05, 0) is 37.6 Å². The lowest BCUT2D eigenvalue weighted by Gasteiger charge is -2.15. The Hall–Kier alpha value is -3.16. The third-order valence-electron chi connectivity index (χ3n) is 3.97. The summed E-state index contributed by atoms with van der Waals surface area (Å²) < 4.78 is 40.6. The van der Waals surface area contributed by atoms with Crippen LogP contribution in [0.4, 0.5) is 30.6 Å². The first-order chi connectivity index (χ1) is 13.0. The largest absolute Gasteiger partial charge is 0.352 e. The maximum atomic E-state index is 14.0. The molecule has 0 bridgehead atoms. The molecular weight excluding hydrogens is 355 g/mol. The van der Waals surface area contributed by atoms with Crippen LogP contribution in [-0.2, 0) is 0 Å². The normalized spacial score (nSPS) is 11.9. The van der Waals surface area contributed by atoms with Gasteiger partial charge in [0.15, 0.2) is 17.5 Å². The smallest absolute Gasteiger partial charge is 0.225 e.